The van der Waals surface area contributed by atoms with Crippen LogP contribution >= 0.6 is 0 Å². The molecule has 2 aromatic carbocycles. The molecule has 1 amide bonds. The van der Waals surface area contributed by atoms with Crippen LogP contribution in [0.3, 0.4) is 0 Å². The van der Waals surface area contributed by atoms with Gasteiger partial charge < -0.3 is 5.32 Å². The Kier molecular flexibility index (Phi) is 3.37. The van der Waals surface area contributed by atoms with Crippen LogP contribution in [0, 0.1) is 0 Å². The molecule has 1 N–H and O–H groups in total. The van der Waals surface area contributed by atoms with Gasteiger partial charge in [-0.15, -0.1) is 0 Å². The van der Waals surface area contributed by atoms with Crippen LogP contribution in [0.25, 0.3) is 10.8 Å². The molecule has 0 spiro atoms. The predicted octanol–water partition coefficient (Wildman–Crippen LogP) is 2.56. The first kappa shape index (κ1) is 12.3. The van der Waals surface area contributed by atoms with Crippen molar-refractivity contribution in [3.63, 3.8) is 0 Å². The van der Waals surface area contributed by atoms with Crippen molar-refractivity contribution in [2.45, 2.75) is 6.54 Å². The fraction of sp³-hybridized carbons (Fsp3) is 0.0625. The third kappa shape index (κ3) is 2.64. The highest BCUT2D eigenvalue weighted by molar-refractivity contribution is 5.92. The van der Waals surface area contributed by atoms with Crippen molar-refractivity contribution in [1.82, 2.24) is 15.3 Å². The lowest BCUT2D eigenvalue weighted by molar-refractivity contribution is 0.0945. The van der Waals surface area contributed by atoms with Crippen molar-refractivity contribution >= 4 is 16.7 Å². The fourth-order valence-corrected chi connectivity index (χ4v) is 2.05. The molecule has 0 aliphatic heterocycles. The summed E-state index contributed by atoms with van der Waals surface area (Å²) < 4.78 is 0. The molecule has 0 atom stereocenters. The number of nitrogens with one attached hydrogen (secondary N) is 1. The number of hydrogen-bond donors (Lipinski definition) is 1. The topological polar surface area (TPSA) is 54.9 Å². The van der Waals surface area contributed by atoms with E-state index in [-0.39, 0.29) is 5.91 Å². The van der Waals surface area contributed by atoms with E-state index in [0.717, 1.165) is 5.56 Å². The molecule has 20 heavy (non-hydrogen) atoms. The molecule has 3 aromatic rings. The van der Waals surface area contributed by atoms with E-state index in [2.05, 4.69) is 39.6 Å². The summed E-state index contributed by atoms with van der Waals surface area (Å²) in [6, 6.07) is 15.9. The van der Waals surface area contributed by atoms with Gasteiger partial charge in [0.25, 0.3) is 5.91 Å². The summed E-state index contributed by atoms with van der Waals surface area (Å²) in [4.78, 5) is 19.6. The van der Waals surface area contributed by atoms with Crippen molar-refractivity contribution < 1.29 is 4.79 Å². The van der Waals surface area contributed by atoms with Gasteiger partial charge in [0.05, 0.1) is 0 Å². The minimum Gasteiger partial charge on any atom is -0.347 e. The minimum absolute atomic E-state index is 0.194. The maximum Gasteiger partial charge on any atom is 0.270 e. The van der Waals surface area contributed by atoms with Gasteiger partial charge in [-0.1, -0.05) is 36.4 Å². The molecule has 0 radical (unpaired) electrons. The van der Waals surface area contributed by atoms with Gasteiger partial charge >= 0.3 is 0 Å². The second-order valence-corrected chi connectivity index (χ2v) is 4.46. The van der Waals surface area contributed by atoms with E-state index in [9.17, 15) is 4.79 Å². The molecule has 0 aliphatic rings. The summed E-state index contributed by atoms with van der Waals surface area (Å²) in [6.45, 7) is 0.480. The van der Waals surface area contributed by atoms with Crippen molar-refractivity contribution in [3.8, 4) is 0 Å². The lowest BCUT2D eigenvalue weighted by Gasteiger charge is -2.06. The van der Waals surface area contributed by atoms with E-state index >= 15 is 0 Å². The van der Waals surface area contributed by atoms with Crippen LogP contribution in [0.2, 0.25) is 0 Å². The quantitative estimate of drug-likeness (QED) is 0.790. The van der Waals surface area contributed by atoms with Gasteiger partial charge in [-0.2, -0.15) is 0 Å². The number of amides is 1. The van der Waals surface area contributed by atoms with Crippen molar-refractivity contribution in [2.24, 2.45) is 0 Å². The molecule has 1 aromatic heterocycles. The van der Waals surface area contributed by atoms with Crippen LogP contribution < -0.4 is 5.32 Å². The first-order valence-corrected chi connectivity index (χ1v) is 6.35. The summed E-state index contributed by atoms with van der Waals surface area (Å²) >= 11 is 0. The number of nitrogens with zero attached hydrogens (tertiary/aromatic N) is 2. The van der Waals surface area contributed by atoms with Crippen LogP contribution in [0.1, 0.15) is 16.1 Å². The Balaban J connectivity index is 1.72. The van der Waals surface area contributed by atoms with Gasteiger partial charge in [0, 0.05) is 12.7 Å². The van der Waals surface area contributed by atoms with Crippen molar-refractivity contribution in [3.05, 3.63) is 72.3 Å². The highest BCUT2D eigenvalue weighted by Crippen LogP contribution is 2.15. The Morgan fingerprint density at radius 3 is 2.70 bits per heavy atom. The van der Waals surface area contributed by atoms with Crippen LogP contribution in [0.4, 0.5) is 0 Å². The molecule has 0 saturated heterocycles. The maximum atomic E-state index is 11.9. The molecule has 98 valence electrons. The van der Waals surface area contributed by atoms with E-state index in [1.54, 1.807) is 12.3 Å². The van der Waals surface area contributed by atoms with Gasteiger partial charge in [0.15, 0.2) is 0 Å². The molecule has 1 heterocycles. The number of rotatable bonds is 3. The molecular weight excluding hydrogens is 250 g/mol. The summed E-state index contributed by atoms with van der Waals surface area (Å²) in [7, 11) is 0. The zero-order chi connectivity index (χ0) is 13.8. The average Bonchev–Trinajstić information content (AvgIpc) is 2.53. The summed E-state index contributed by atoms with van der Waals surface area (Å²) in [5, 5.41) is 5.21. The van der Waals surface area contributed by atoms with E-state index < -0.39 is 0 Å². The number of benzene rings is 2. The fourth-order valence-electron chi connectivity index (χ4n) is 2.05. The standard InChI is InChI=1S/C16H13N3O/c20-16(15-7-8-17-11-19-15)18-10-12-5-6-13-3-1-2-4-14(13)9-12/h1-9,11H,10H2,(H,18,20). The van der Waals surface area contributed by atoms with E-state index in [0.29, 0.717) is 12.2 Å². The second kappa shape index (κ2) is 5.48. The Morgan fingerprint density at radius 2 is 1.90 bits per heavy atom. The molecule has 0 fully saturated rings. The molecule has 0 aliphatic carbocycles. The van der Waals surface area contributed by atoms with E-state index in [1.165, 1.54) is 17.1 Å². The Hall–Kier alpha value is -2.75. The minimum atomic E-state index is -0.194. The third-order valence-corrected chi connectivity index (χ3v) is 3.08. The number of hydrogen-bond acceptors (Lipinski definition) is 3. The van der Waals surface area contributed by atoms with Gasteiger partial charge in [0.1, 0.15) is 12.0 Å². The molecule has 4 heteroatoms. The SMILES string of the molecule is O=C(NCc1ccc2ccccc2c1)c1ccncn1. The highest BCUT2D eigenvalue weighted by atomic mass is 16.1. The average molecular weight is 263 g/mol. The lowest BCUT2D eigenvalue weighted by Crippen LogP contribution is -2.23. The molecule has 3 rings (SSSR count). The number of carbonyl (C=O) groups is 1. The Bertz CT molecular complexity index is 741. The summed E-state index contributed by atoms with van der Waals surface area (Å²) in [6.07, 6.45) is 2.92. The smallest absolute Gasteiger partial charge is 0.270 e. The zero-order valence-electron chi connectivity index (χ0n) is 10.8. The van der Waals surface area contributed by atoms with Crippen LogP contribution in [0.15, 0.2) is 61.1 Å². The largest absolute Gasteiger partial charge is 0.347 e. The lowest BCUT2D eigenvalue weighted by atomic mass is 10.1. The van der Waals surface area contributed by atoms with Crippen molar-refractivity contribution in [1.29, 1.82) is 0 Å². The molecule has 0 unspecified atom stereocenters. The third-order valence-electron chi connectivity index (χ3n) is 3.08. The first-order valence-electron chi connectivity index (χ1n) is 6.35. The second-order valence-electron chi connectivity index (χ2n) is 4.46. The van der Waals surface area contributed by atoms with Crippen molar-refractivity contribution in [2.75, 3.05) is 0 Å². The number of carbonyl (C=O) groups excluding carboxylic acids is 1. The van der Waals surface area contributed by atoms with Crippen LogP contribution in [-0.4, -0.2) is 15.9 Å². The van der Waals surface area contributed by atoms with Gasteiger partial charge in [-0.05, 0) is 28.5 Å². The maximum absolute atomic E-state index is 11.9. The summed E-state index contributed by atoms with van der Waals surface area (Å²) in [5.41, 5.74) is 1.44. The molecule has 0 bridgehead atoms. The van der Waals surface area contributed by atoms with Gasteiger partial charge in [-0.3, -0.25) is 4.79 Å². The zero-order valence-corrected chi connectivity index (χ0v) is 10.8. The monoisotopic (exact) mass is 263 g/mol. The normalized spacial score (nSPS) is 10.4. The predicted molar refractivity (Wildman–Crippen MR) is 77.2 cm³/mol. The van der Waals surface area contributed by atoms with Crippen LogP contribution in [-0.2, 0) is 6.54 Å². The number of fused-ring (bicyclic) bond motifs is 1. The summed E-state index contributed by atoms with van der Waals surface area (Å²) in [5.74, 6) is -0.194. The highest BCUT2D eigenvalue weighted by Gasteiger charge is 2.05. The molecule has 4 nitrogen and oxygen atoms in total. The van der Waals surface area contributed by atoms with Gasteiger partial charge in [0.2, 0.25) is 0 Å². The van der Waals surface area contributed by atoms with Crippen LogP contribution in [0.5, 0.6) is 0 Å². The first-order chi connectivity index (χ1) is 9.83. The Morgan fingerprint density at radius 1 is 1.05 bits per heavy atom. The van der Waals surface area contributed by atoms with E-state index in [1.807, 2.05) is 18.2 Å². The molecule has 0 saturated carbocycles. The molecular formula is C16H13N3O. The Labute approximate surface area is 116 Å². The number of aromatic nitrogens is 2. The van der Waals surface area contributed by atoms with E-state index in [4.69, 9.17) is 0 Å². The van der Waals surface area contributed by atoms with Gasteiger partial charge in [-0.25, -0.2) is 9.97 Å².